The van der Waals surface area contributed by atoms with E-state index in [2.05, 4.69) is 63.9 Å². The minimum absolute atomic E-state index is 0.349. The van der Waals surface area contributed by atoms with Gasteiger partial charge >= 0.3 is 0 Å². The predicted octanol–water partition coefficient (Wildman–Crippen LogP) is 3.23. The largest absolute Gasteiger partial charge is 0.346 e. The third kappa shape index (κ3) is 3.23. The average molecular weight is 317 g/mol. The van der Waals surface area contributed by atoms with Crippen LogP contribution in [0.2, 0.25) is 5.15 Å². The van der Waals surface area contributed by atoms with E-state index in [0.29, 0.717) is 17.2 Å². The lowest BCUT2D eigenvalue weighted by atomic mass is 10.1. The molecule has 4 nitrogen and oxygen atoms in total. The van der Waals surface area contributed by atoms with Gasteiger partial charge in [0.2, 0.25) is 0 Å². The molecule has 2 atom stereocenters. The van der Waals surface area contributed by atoms with Crippen molar-refractivity contribution in [2.75, 3.05) is 18.0 Å². The van der Waals surface area contributed by atoms with Gasteiger partial charge in [-0.2, -0.15) is 0 Å². The molecule has 1 aliphatic rings. The summed E-state index contributed by atoms with van der Waals surface area (Å²) < 4.78 is 0. The Hall–Kier alpha value is -1.65. The third-order valence-electron chi connectivity index (χ3n) is 4.12. The Labute approximate surface area is 136 Å². The molecule has 2 unspecified atom stereocenters. The molecule has 1 fully saturated rings. The molecular weight excluding hydrogens is 296 g/mol. The van der Waals surface area contributed by atoms with Gasteiger partial charge in [0.15, 0.2) is 11.0 Å². The highest BCUT2D eigenvalue weighted by Crippen LogP contribution is 2.28. The highest BCUT2D eigenvalue weighted by Gasteiger charge is 2.31. The van der Waals surface area contributed by atoms with Crippen molar-refractivity contribution in [2.45, 2.75) is 32.5 Å². The van der Waals surface area contributed by atoms with Crippen molar-refractivity contribution in [3.63, 3.8) is 0 Å². The van der Waals surface area contributed by atoms with Gasteiger partial charge in [-0.15, -0.1) is 0 Å². The Bertz CT molecular complexity index is 607. The van der Waals surface area contributed by atoms with Crippen molar-refractivity contribution < 1.29 is 0 Å². The lowest BCUT2D eigenvalue weighted by Gasteiger charge is -2.45. The molecule has 0 N–H and O–H groups in total. The van der Waals surface area contributed by atoms with E-state index in [4.69, 9.17) is 11.6 Å². The Morgan fingerprint density at radius 2 is 1.68 bits per heavy atom. The molecular formula is C17H21ClN4. The van der Waals surface area contributed by atoms with Crippen molar-refractivity contribution in [1.29, 1.82) is 0 Å². The summed E-state index contributed by atoms with van der Waals surface area (Å²) in [4.78, 5) is 13.4. The zero-order valence-corrected chi connectivity index (χ0v) is 13.7. The van der Waals surface area contributed by atoms with Crippen molar-refractivity contribution in [1.82, 2.24) is 14.9 Å². The normalized spacial score (nSPS) is 22.8. The van der Waals surface area contributed by atoms with Gasteiger partial charge < -0.3 is 4.90 Å². The van der Waals surface area contributed by atoms with Crippen LogP contribution in [-0.4, -0.2) is 40.0 Å². The van der Waals surface area contributed by atoms with E-state index in [9.17, 15) is 0 Å². The monoisotopic (exact) mass is 316 g/mol. The van der Waals surface area contributed by atoms with Crippen molar-refractivity contribution in [3.8, 4) is 0 Å². The summed E-state index contributed by atoms with van der Waals surface area (Å²) in [6.07, 6.45) is 3.34. The van der Waals surface area contributed by atoms with E-state index in [1.165, 1.54) is 5.56 Å². The molecule has 1 aromatic carbocycles. The van der Waals surface area contributed by atoms with Crippen molar-refractivity contribution in [3.05, 3.63) is 53.4 Å². The van der Waals surface area contributed by atoms with Gasteiger partial charge in [-0.1, -0.05) is 41.9 Å². The van der Waals surface area contributed by atoms with Crippen LogP contribution in [0.15, 0.2) is 42.7 Å². The minimum Gasteiger partial charge on any atom is -0.346 e. The molecule has 0 amide bonds. The van der Waals surface area contributed by atoms with Gasteiger partial charge in [0, 0.05) is 44.1 Å². The first-order valence-corrected chi connectivity index (χ1v) is 8.04. The fourth-order valence-electron chi connectivity index (χ4n) is 3.31. The molecule has 0 bridgehead atoms. The summed E-state index contributed by atoms with van der Waals surface area (Å²) in [6, 6.07) is 11.3. The number of nitrogens with zero attached hydrogens (tertiary/aromatic N) is 4. The van der Waals surface area contributed by atoms with Gasteiger partial charge in [-0.3, -0.25) is 4.90 Å². The maximum Gasteiger partial charge on any atom is 0.171 e. The van der Waals surface area contributed by atoms with Crippen LogP contribution in [0.3, 0.4) is 0 Å². The highest BCUT2D eigenvalue weighted by molar-refractivity contribution is 6.31. The fourth-order valence-corrected chi connectivity index (χ4v) is 3.51. The van der Waals surface area contributed by atoms with Crippen molar-refractivity contribution in [2.24, 2.45) is 0 Å². The second kappa shape index (κ2) is 6.63. The topological polar surface area (TPSA) is 32.3 Å². The SMILES string of the molecule is CC1CN(Cc2ccccc2)CC(C)N1c1nccnc1Cl. The molecule has 1 saturated heterocycles. The van der Waals surface area contributed by atoms with Gasteiger partial charge in [0.05, 0.1) is 0 Å². The molecule has 5 heteroatoms. The maximum atomic E-state index is 6.23. The first kappa shape index (κ1) is 15.3. The van der Waals surface area contributed by atoms with Crippen LogP contribution in [0.5, 0.6) is 0 Å². The van der Waals surface area contributed by atoms with E-state index in [1.807, 2.05) is 0 Å². The number of halogens is 1. The van der Waals surface area contributed by atoms with Crippen LogP contribution < -0.4 is 4.90 Å². The third-order valence-corrected chi connectivity index (χ3v) is 4.39. The van der Waals surface area contributed by atoms with Gasteiger partial charge in [0.25, 0.3) is 0 Å². The Morgan fingerprint density at radius 3 is 2.32 bits per heavy atom. The van der Waals surface area contributed by atoms with Crippen LogP contribution in [0.1, 0.15) is 19.4 Å². The van der Waals surface area contributed by atoms with E-state index < -0.39 is 0 Å². The van der Waals surface area contributed by atoms with Gasteiger partial charge in [-0.05, 0) is 19.4 Å². The number of hydrogen-bond acceptors (Lipinski definition) is 4. The molecule has 22 heavy (non-hydrogen) atoms. The molecule has 2 aromatic rings. The molecule has 2 heterocycles. The average Bonchev–Trinajstić information content (AvgIpc) is 2.49. The van der Waals surface area contributed by atoms with E-state index >= 15 is 0 Å². The molecule has 3 rings (SSSR count). The second-order valence-electron chi connectivity index (χ2n) is 5.96. The summed E-state index contributed by atoms with van der Waals surface area (Å²) in [5.74, 6) is 0.795. The number of piperazine rings is 1. The van der Waals surface area contributed by atoms with Crippen LogP contribution >= 0.6 is 11.6 Å². The maximum absolute atomic E-state index is 6.23. The number of rotatable bonds is 3. The molecule has 0 radical (unpaired) electrons. The van der Waals surface area contributed by atoms with E-state index in [1.54, 1.807) is 12.4 Å². The molecule has 1 aromatic heterocycles. The highest BCUT2D eigenvalue weighted by atomic mass is 35.5. The smallest absolute Gasteiger partial charge is 0.171 e. The molecule has 1 aliphatic heterocycles. The van der Waals surface area contributed by atoms with Crippen LogP contribution in [0.4, 0.5) is 5.82 Å². The molecule has 116 valence electrons. The molecule has 0 spiro atoms. The summed E-state index contributed by atoms with van der Waals surface area (Å²) in [6.45, 7) is 7.41. The van der Waals surface area contributed by atoms with Gasteiger partial charge in [0.1, 0.15) is 0 Å². The first-order valence-electron chi connectivity index (χ1n) is 7.66. The molecule has 0 aliphatic carbocycles. The lowest BCUT2D eigenvalue weighted by Crippen LogP contribution is -2.57. The number of aromatic nitrogens is 2. The first-order chi connectivity index (χ1) is 10.6. The van der Waals surface area contributed by atoms with Gasteiger partial charge in [-0.25, -0.2) is 9.97 Å². The summed E-state index contributed by atoms with van der Waals surface area (Å²) in [7, 11) is 0. The van der Waals surface area contributed by atoms with Crippen LogP contribution in [-0.2, 0) is 6.54 Å². The standard InChI is InChI=1S/C17H21ClN4/c1-13-10-21(12-15-6-4-3-5-7-15)11-14(2)22(13)17-16(18)19-8-9-20-17/h3-9,13-14H,10-12H2,1-2H3. The van der Waals surface area contributed by atoms with Crippen molar-refractivity contribution >= 4 is 17.4 Å². The van der Waals surface area contributed by atoms with Crippen LogP contribution in [0.25, 0.3) is 0 Å². The number of hydrogen-bond donors (Lipinski definition) is 0. The minimum atomic E-state index is 0.349. The Morgan fingerprint density at radius 1 is 1.05 bits per heavy atom. The zero-order chi connectivity index (χ0) is 15.5. The Kier molecular flexibility index (Phi) is 4.60. The Balaban J connectivity index is 1.73. The summed E-state index contributed by atoms with van der Waals surface area (Å²) in [5.41, 5.74) is 1.35. The molecule has 0 saturated carbocycles. The number of anilines is 1. The second-order valence-corrected chi connectivity index (χ2v) is 6.31. The number of benzene rings is 1. The zero-order valence-electron chi connectivity index (χ0n) is 13.0. The van der Waals surface area contributed by atoms with E-state index in [0.717, 1.165) is 25.5 Å². The summed E-state index contributed by atoms with van der Waals surface area (Å²) >= 11 is 6.23. The quantitative estimate of drug-likeness (QED) is 0.870. The van der Waals surface area contributed by atoms with E-state index in [-0.39, 0.29) is 0 Å². The fraction of sp³-hybridized carbons (Fsp3) is 0.412. The van der Waals surface area contributed by atoms with Crippen LogP contribution in [0, 0.1) is 0 Å². The lowest BCUT2D eigenvalue weighted by molar-refractivity contribution is 0.191. The predicted molar refractivity (Wildman–Crippen MR) is 90.2 cm³/mol. The summed E-state index contributed by atoms with van der Waals surface area (Å²) in [5, 5.41) is 0.484.